The van der Waals surface area contributed by atoms with Gasteiger partial charge in [0.2, 0.25) is 0 Å². The van der Waals surface area contributed by atoms with E-state index in [-0.39, 0.29) is 17.2 Å². The number of amides is 2. The second-order valence-electron chi connectivity index (χ2n) is 7.05. The van der Waals surface area contributed by atoms with Crippen LogP contribution in [0.1, 0.15) is 50.3 Å². The second-order valence-corrected chi connectivity index (χ2v) is 7.49. The zero-order valence-corrected chi connectivity index (χ0v) is 17.0. The minimum atomic E-state index is -0.986. The lowest BCUT2D eigenvalue weighted by molar-refractivity contribution is -0.140. The molecule has 1 aromatic heterocycles. The molecule has 0 saturated heterocycles. The molecule has 1 atom stereocenters. The van der Waals surface area contributed by atoms with E-state index in [0.29, 0.717) is 29.4 Å². The molecule has 0 bridgehead atoms. The van der Waals surface area contributed by atoms with Gasteiger partial charge < -0.3 is 15.4 Å². The third-order valence-electron chi connectivity index (χ3n) is 4.76. The number of nitrogens with two attached hydrogens (primary N) is 1. The molecule has 1 aliphatic carbocycles. The highest BCUT2D eigenvalue weighted by Crippen LogP contribution is 2.34. The standard InChI is InChI=1S/C21H22ClN3O4/c1-12-6-9-16(18(24-12)19(23)26)20(27)25(11-13-7-8-13)15-5-3-4-14(10-15)17(22)21(28)29-2/h3-6,9-10,13,17H,7-8,11H2,1-2H3,(H2,23,26). The number of benzene rings is 1. The zero-order valence-electron chi connectivity index (χ0n) is 16.2. The van der Waals surface area contributed by atoms with E-state index in [2.05, 4.69) is 4.98 Å². The maximum Gasteiger partial charge on any atom is 0.328 e. The summed E-state index contributed by atoms with van der Waals surface area (Å²) in [6, 6.07) is 10.1. The monoisotopic (exact) mass is 415 g/mol. The highest BCUT2D eigenvalue weighted by Gasteiger charge is 2.31. The Hall–Kier alpha value is -2.93. The first-order valence-corrected chi connectivity index (χ1v) is 9.66. The number of aromatic nitrogens is 1. The summed E-state index contributed by atoms with van der Waals surface area (Å²) in [5.74, 6) is -1.34. The molecule has 1 aromatic carbocycles. The van der Waals surface area contributed by atoms with E-state index >= 15 is 0 Å². The fourth-order valence-corrected chi connectivity index (χ4v) is 3.24. The summed E-state index contributed by atoms with van der Waals surface area (Å²) in [4.78, 5) is 42.7. The first-order chi connectivity index (χ1) is 13.8. The number of carbonyl (C=O) groups is 3. The highest BCUT2D eigenvalue weighted by molar-refractivity contribution is 6.30. The zero-order chi connectivity index (χ0) is 21.1. The molecule has 2 N–H and O–H groups in total. The van der Waals surface area contributed by atoms with Gasteiger partial charge in [0.15, 0.2) is 5.38 Å². The number of carbonyl (C=O) groups excluding carboxylic acids is 3. The van der Waals surface area contributed by atoms with Gasteiger partial charge in [-0.2, -0.15) is 0 Å². The molecule has 1 unspecified atom stereocenters. The molecule has 152 valence electrons. The van der Waals surface area contributed by atoms with Crippen LogP contribution >= 0.6 is 11.6 Å². The molecular formula is C21H22ClN3O4. The van der Waals surface area contributed by atoms with Crippen molar-refractivity contribution in [1.82, 2.24) is 4.98 Å². The number of methoxy groups -OCH3 is 1. The molecule has 1 aliphatic rings. The molecule has 1 saturated carbocycles. The van der Waals surface area contributed by atoms with Crippen LogP contribution in [0.2, 0.25) is 0 Å². The molecular weight excluding hydrogens is 394 g/mol. The van der Waals surface area contributed by atoms with Crippen molar-refractivity contribution >= 4 is 35.1 Å². The summed E-state index contributed by atoms with van der Waals surface area (Å²) >= 11 is 6.18. The Kier molecular flexibility index (Phi) is 6.17. The van der Waals surface area contributed by atoms with Crippen LogP contribution in [0, 0.1) is 12.8 Å². The second kappa shape index (κ2) is 8.61. The van der Waals surface area contributed by atoms with Gasteiger partial charge in [-0.05, 0) is 55.5 Å². The fraction of sp³-hybridized carbons (Fsp3) is 0.333. The molecule has 3 rings (SSSR count). The van der Waals surface area contributed by atoms with E-state index in [1.54, 1.807) is 48.2 Å². The number of halogens is 1. The molecule has 2 aromatic rings. The highest BCUT2D eigenvalue weighted by atomic mass is 35.5. The number of anilines is 1. The molecule has 1 fully saturated rings. The minimum absolute atomic E-state index is 0.0586. The number of aryl methyl sites for hydroxylation is 1. The first-order valence-electron chi connectivity index (χ1n) is 9.23. The van der Waals surface area contributed by atoms with Gasteiger partial charge in [-0.3, -0.25) is 14.4 Å². The number of nitrogens with zero attached hydrogens (tertiary/aromatic N) is 2. The van der Waals surface area contributed by atoms with E-state index in [1.807, 2.05) is 0 Å². The number of esters is 1. The van der Waals surface area contributed by atoms with Crippen molar-refractivity contribution in [1.29, 1.82) is 0 Å². The van der Waals surface area contributed by atoms with Gasteiger partial charge in [-0.15, -0.1) is 11.6 Å². The maximum absolute atomic E-state index is 13.4. The Balaban J connectivity index is 2.00. The van der Waals surface area contributed by atoms with Gasteiger partial charge in [0.05, 0.1) is 12.7 Å². The third kappa shape index (κ3) is 4.74. The molecule has 2 amide bonds. The lowest BCUT2D eigenvalue weighted by Crippen LogP contribution is -2.35. The predicted octanol–water partition coefficient (Wildman–Crippen LogP) is 3.00. The summed E-state index contributed by atoms with van der Waals surface area (Å²) in [6.45, 7) is 2.21. The van der Waals surface area contributed by atoms with E-state index in [1.165, 1.54) is 7.11 Å². The SMILES string of the molecule is COC(=O)C(Cl)c1cccc(N(CC2CC2)C(=O)c2ccc(C)nc2C(N)=O)c1. The Morgan fingerprint density at radius 3 is 2.62 bits per heavy atom. The van der Waals surface area contributed by atoms with Crippen molar-refractivity contribution in [3.05, 3.63) is 58.9 Å². The van der Waals surface area contributed by atoms with Crippen LogP contribution in [0.5, 0.6) is 0 Å². The summed E-state index contributed by atoms with van der Waals surface area (Å²) in [7, 11) is 1.26. The van der Waals surface area contributed by atoms with Gasteiger partial charge in [0, 0.05) is 17.9 Å². The van der Waals surface area contributed by atoms with Crippen LogP contribution < -0.4 is 10.6 Å². The molecule has 0 aliphatic heterocycles. The van der Waals surface area contributed by atoms with Crippen molar-refractivity contribution in [3.63, 3.8) is 0 Å². The quantitative estimate of drug-likeness (QED) is 0.553. The van der Waals surface area contributed by atoms with Gasteiger partial charge in [-0.25, -0.2) is 4.98 Å². The maximum atomic E-state index is 13.4. The Bertz CT molecular complexity index is 959. The number of hydrogen-bond donors (Lipinski definition) is 1. The van der Waals surface area contributed by atoms with Crippen molar-refractivity contribution in [2.24, 2.45) is 11.7 Å². The van der Waals surface area contributed by atoms with Crippen LogP contribution in [0.25, 0.3) is 0 Å². The lowest BCUT2D eigenvalue weighted by atomic mass is 10.1. The summed E-state index contributed by atoms with van der Waals surface area (Å²) < 4.78 is 4.70. The van der Waals surface area contributed by atoms with Gasteiger partial charge >= 0.3 is 5.97 Å². The summed E-state index contributed by atoms with van der Waals surface area (Å²) in [5, 5.41) is -0.986. The molecule has 7 nitrogen and oxygen atoms in total. The van der Waals surface area contributed by atoms with Gasteiger partial charge in [0.25, 0.3) is 11.8 Å². The molecule has 0 radical (unpaired) electrons. The number of alkyl halides is 1. The van der Waals surface area contributed by atoms with Gasteiger partial charge in [-0.1, -0.05) is 12.1 Å². The van der Waals surface area contributed by atoms with Crippen molar-refractivity contribution < 1.29 is 19.1 Å². The molecule has 0 spiro atoms. The Morgan fingerprint density at radius 2 is 2.00 bits per heavy atom. The smallest absolute Gasteiger partial charge is 0.328 e. The topological polar surface area (TPSA) is 103 Å². The van der Waals surface area contributed by atoms with Crippen molar-refractivity contribution in [2.75, 3.05) is 18.6 Å². The van der Waals surface area contributed by atoms with Crippen LogP contribution in [-0.4, -0.2) is 36.4 Å². The number of primary amides is 1. The average molecular weight is 416 g/mol. The van der Waals surface area contributed by atoms with Crippen LogP contribution in [0.4, 0.5) is 5.69 Å². The van der Waals surface area contributed by atoms with Crippen LogP contribution in [0.15, 0.2) is 36.4 Å². The average Bonchev–Trinajstić information content (AvgIpc) is 3.54. The minimum Gasteiger partial charge on any atom is -0.468 e. The number of ether oxygens (including phenoxy) is 1. The number of rotatable bonds is 7. The Labute approximate surface area is 173 Å². The molecule has 29 heavy (non-hydrogen) atoms. The van der Waals surface area contributed by atoms with E-state index < -0.39 is 17.3 Å². The normalized spacial score (nSPS) is 14.2. The summed E-state index contributed by atoms with van der Waals surface area (Å²) in [6.07, 6.45) is 2.05. The Morgan fingerprint density at radius 1 is 1.28 bits per heavy atom. The predicted molar refractivity (Wildman–Crippen MR) is 109 cm³/mol. The van der Waals surface area contributed by atoms with E-state index in [9.17, 15) is 14.4 Å². The number of pyridine rings is 1. The number of hydrogen-bond acceptors (Lipinski definition) is 5. The largest absolute Gasteiger partial charge is 0.468 e. The van der Waals surface area contributed by atoms with E-state index in [0.717, 1.165) is 12.8 Å². The fourth-order valence-electron chi connectivity index (χ4n) is 3.02. The van der Waals surface area contributed by atoms with E-state index in [4.69, 9.17) is 22.1 Å². The molecule has 8 heteroatoms. The first kappa shape index (κ1) is 20.8. The summed E-state index contributed by atoms with van der Waals surface area (Å²) in [5.41, 5.74) is 7.21. The third-order valence-corrected chi connectivity index (χ3v) is 5.19. The lowest BCUT2D eigenvalue weighted by Gasteiger charge is -2.24. The van der Waals surface area contributed by atoms with Crippen LogP contribution in [0.3, 0.4) is 0 Å². The van der Waals surface area contributed by atoms with Gasteiger partial charge in [0.1, 0.15) is 5.69 Å². The molecule has 1 heterocycles. The van der Waals surface area contributed by atoms with Crippen molar-refractivity contribution in [2.45, 2.75) is 25.1 Å². The van der Waals surface area contributed by atoms with Crippen LogP contribution in [-0.2, 0) is 9.53 Å². The van der Waals surface area contributed by atoms with Crippen molar-refractivity contribution in [3.8, 4) is 0 Å².